The van der Waals surface area contributed by atoms with E-state index < -0.39 is 0 Å². The summed E-state index contributed by atoms with van der Waals surface area (Å²) in [4.78, 5) is 1.37. The molecule has 3 heteroatoms. The third-order valence-corrected chi connectivity index (χ3v) is 5.62. The molecule has 88 valence electrons. The Kier molecular flexibility index (Phi) is 4.74. The van der Waals surface area contributed by atoms with Gasteiger partial charge in [0.25, 0.3) is 0 Å². The maximum absolute atomic E-state index is 3.62. The Bertz CT molecular complexity index is 342. The first kappa shape index (κ1) is 12.5. The van der Waals surface area contributed by atoms with Gasteiger partial charge in [0, 0.05) is 20.7 Å². The molecule has 1 aromatic rings. The highest BCUT2D eigenvalue weighted by Crippen LogP contribution is 2.36. The van der Waals surface area contributed by atoms with Crippen LogP contribution in [0.5, 0.6) is 0 Å². The SMILES string of the molecule is CNC1CCCCC1Sc1ccccc1Br. The summed E-state index contributed by atoms with van der Waals surface area (Å²) in [6.45, 7) is 0. The molecule has 2 rings (SSSR count). The molecule has 0 aliphatic heterocycles. The second-order valence-electron chi connectivity index (χ2n) is 4.27. The molecule has 2 unspecified atom stereocenters. The highest BCUT2D eigenvalue weighted by atomic mass is 79.9. The Morgan fingerprint density at radius 2 is 2.00 bits per heavy atom. The average Bonchev–Trinajstić information content (AvgIpc) is 2.33. The van der Waals surface area contributed by atoms with Gasteiger partial charge >= 0.3 is 0 Å². The molecule has 0 bridgehead atoms. The van der Waals surface area contributed by atoms with E-state index in [2.05, 4.69) is 52.6 Å². The van der Waals surface area contributed by atoms with Crippen LogP contribution < -0.4 is 5.32 Å². The Hall–Kier alpha value is 0.01000. The second kappa shape index (κ2) is 6.08. The molecular formula is C13H18BrNS. The van der Waals surface area contributed by atoms with Gasteiger partial charge in [-0.05, 0) is 48.0 Å². The lowest BCUT2D eigenvalue weighted by Gasteiger charge is -2.31. The summed E-state index contributed by atoms with van der Waals surface area (Å²) in [7, 11) is 2.09. The van der Waals surface area contributed by atoms with Crippen LogP contribution in [0.1, 0.15) is 25.7 Å². The first-order valence-corrected chi connectivity index (χ1v) is 7.57. The van der Waals surface area contributed by atoms with E-state index in [9.17, 15) is 0 Å². The summed E-state index contributed by atoms with van der Waals surface area (Å²) in [6.07, 6.45) is 5.40. The molecule has 1 nitrogen and oxygen atoms in total. The lowest BCUT2D eigenvalue weighted by Crippen LogP contribution is -2.38. The maximum atomic E-state index is 3.62. The molecule has 2 atom stereocenters. The lowest BCUT2D eigenvalue weighted by atomic mass is 9.95. The van der Waals surface area contributed by atoms with Gasteiger partial charge in [0.2, 0.25) is 0 Å². The molecule has 1 saturated carbocycles. The minimum Gasteiger partial charge on any atom is -0.316 e. The molecule has 1 N–H and O–H groups in total. The Balaban J connectivity index is 2.05. The normalized spacial score (nSPS) is 25.6. The minimum atomic E-state index is 0.672. The fraction of sp³-hybridized carbons (Fsp3) is 0.538. The monoisotopic (exact) mass is 299 g/mol. The van der Waals surface area contributed by atoms with E-state index in [1.54, 1.807) is 0 Å². The summed E-state index contributed by atoms with van der Waals surface area (Å²) in [5, 5.41) is 4.18. The summed E-state index contributed by atoms with van der Waals surface area (Å²) >= 11 is 5.64. The van der Waals surface area contributed by atoms with Crippen molar-refractivity contribution in [1.82, 2.24) is 5.32 Å². The zero-order valence-electron chi connectivity index (χ0n) is 9.58. The molecule has 0 saturated heterocycles. The molecule has 0 aromatic heterocycles. The van der Waals surface area contributed by atoms with Crippen LogP contribution in [-0.2, 0) is 0 Å². The van der Waals surface area contributed by atoms with Crippen LogP contribution in [0.2, 0.25) is 0 Å². The summed E-state index contributed by atoms with van der Waals surface area (Å²) < 4.78 is 1.22. The van der Waals surface area contributed by atoms with Crippen molar-refractivity contribution in [3.63, 3.8) is 0 Å². The average molecular weight is 300 g/mol. The standard InChI is InChI=1S/C13H18BrNS/c1-15-11-7-3-5-9-13(11)16-12-8-4-2-6-10(12)14/h2,4,6,8,11,13,15H,3,5,7,9H2,1H3. The maximum Gasteiger partial charge on any atom is 0.0311 e. The number of hydrogen-bond donors (Lipinski definition) is 1. The molecule has 1 aromatic carbocycles. The first-order chi connectivity index (χ1) is 7.81. The predicted octanol–water partition coefficient (Wildman–Crippen LogP) is 4.07. The van der Waals surface area contributed by atoms with E-state index in [-0.39, 0.29) is 0 Å². The third-order valence-electron chi connectivity index (χ3n) is 3.19. The van der Waals surface area contributed by atoms with Crippen molar-refractivity contribution in [1.29, 1.82) is 0 Å². The van der Waals surface area contributed by atoms with E-state index in [0.717, 1.165) is 5.25 Å². The van der Waals surface area contributed by atoms with E-state index in [0.29, 0.717) is 6.04 Å². The topological polar surface area (TPSA) is 12.0 Å². The van der Waals surface area contributed by atoms with Crippen LogP contribution in [0.4, 0.5) is 0 Å². The van der Waals surface area contributed by atoms with Crippen LogP contribution in [0.25, 0.3) is 0 Å². The zero-order valence-corrected chi connectivity index (χ0v) is 12.0. The number of halogens is 1. The van der Waals surface area contributed by atoms with Gasteiger partial charge in [-0.3, -0.25) is 0 Å². The van der Waals surface area contributed by atoms with Crippen molar-refractivity contribution in [2.24, 2.45) is 0 Å². The first-order valence-electron chi connectivity index (χ1n) is 5.89. The molecule has 1 aliphatic carbocycles. The van der Waals surface area contributed by atoms with Gasteiger partial charge in [-0.25, -0.2) is 0 Å². The molecular weight excluding hydrogens is 282 g/mol. The van der Waals surface area contributed by atoms with E-state index >= 15 is 0 Å². The number of thioether (sulfide) groups is 1. The van der Waals surface area contributed by atoms with Gasteiger partial charge in [0.05, 0.1) is 0 Å². The Labute approximate surface area is 111 Å². The second-order valence-corrected chi connectivity index (χ2v) is 6.40. The van der Waals surface area contributed by atoms with Crippen molar-refractivity contribution in [2.75, 3.05) is 7.05 Å². The highest BCUT2D eigenvalue weighted by molar-refractivity contribution is 9.10. The highest BCUT2D eigenvalue weighted by Gasteiger charge is 2.24. The number of nitrogens with one attached hydrogen (secondary N) is 1. The van der Waals surface area contributed by atoms with Crippen molar-refractivity contribution in [3.8, 4) is 0 Å². The smallest absolute Gasteiger partial charge is 0.0311 e. The molecule has 1 aliphatic rings. The van der Waals surface area contributed by atoms with Crippen molar-refractivity contribution in [2.45, 2.75) is 41.9 Å². The zero-order chi connectivity index (χ0) is 11.4. The molecule has 0 radical (unpaired) electrons. The van der Waals surface area contributed by atoms with E-state index in [4.69, 9.17) is 0 Å². The summed E-state index contributed by atoms with van der Waals surface area (Å²) in [5.41, 5.74) is 0. The van der Waals surface area contributed by atoms with Crippen LogP contribution >= 0.6 is 27.7 Å². The van der Waals surface area contributed by atoms with Crippen molar-refractivity contribution in [3.05, 3.63) is 28.7 Å². The summed E-state index contributed by atoms with van der Waals surface area (Å²) in [5.74, 6) is 0. The molecule has 0 heterocycles. The number of rotatable bonds is 3. The Morgan fingerprint density at radius 3 is 2.75 bits per heavy atom. The minimum absolute atomic E-state index is 0.672. The van der Waals surface area contributed by atoms with Gasteiger partial charge < -0.3 is 5.32 Å². The van der Waals surface area contributed by atoms with E-state index in [1.165, 1.54) is 35.1 Å². The molecule has 16 heavy (non-hydrogen) atoms. The lowest BCUT2D eigenvalue weighted by molar-refractivity contribution is 0.405. The van der Waals surface area contributed by atoms with E-state index in [1.807, 2.05) is 11.8 Å². The van der Waals surface area contributed by atoms with Gasteiger partial charge in [-0.1, -0.05) is 25.0 Å². The molecule has 0 amide bonds. The van der Waals surface area contributed by atoms with Gasteiger partial charge in [-0.15, -0.1) is 11.8 Å². The van der Waals surface area contributed by atoms with Crippen LogP contribution in [0, 0.1) is 0 Å². The summed E-state index contributed by atoms with van der Waals surface area (Å²) in [6, 6.07) is 9.19. The molecule has 0 spiro atoms. The van der Waals surface area contributed by atoms with Crippen molar-refractivity contribution < 1.29 is 0 Å². The number of benzene rings is 1. The van der Waals surface area contributed by atoms with Gasteiger partial charge in [0.1, 0.15) is 0 Å². The van der Waals surface area contributed by atoms with Crippen molar-refractivity contribution >= 4 is 27.7 Å². The number of hydrogen-bond acceptors (Lipinski definition) is 2. The van der Waals surface area contributed by atoms with Crippen LogP contribution in [-0.4, -0.2) is 18.3 Å². The Morgan fingerprint density at radius 1 is 1.25 bits per heavy atom. The third kappa shape index (κ3) is 3.02. The fourth-order valence-electron chi connectivity index (χ4n) is 2.27. The fourth-order valence-corrected chi connectivity index (χ4v) is 4.22. The quantitative estimate of drug-likeness (QED) is 0.903. The van der Waals surface area contributed by atoms with Crippen LogP contribution in [0.15, 0.2) is 33.6 Å². The van der Waals surface area contributed by atoms with Crippen LogP contribution in [0.3, 0.4) is 0 Å². The van der Waals surface area contributed by atoms with Gasteiger partial charge in [-0.2, -0.15) is 0 Å². The molecule has 1 fully saturated rings. The predicted molar refractivity (Wildman–Crippen MR) is 75.1 cm³/mol. The van der Waals surface area contributed by atoms with Gasteiger partial charge in [0.15, 0.2) is 0 Å². The largest absolute Gasteiger partial charge is 0.316 e.